The predicted octanol–water partition coefficient (Wildman–Crippen LogP) is 4.18. The molecule has 0 spiro atoms. The molecular formula is C17H29NO2. The van der Waals surface area contributed by atoms with Crippen LogP contribution in [0.1, 0.15) is 52.1 Å². The quantitative estimate of drug-likeness (QED) is 0.735. The summed E-state index contributed by atoms with van der Waals surface area (Å²) in [6, 6.07) is 6.65. The van der Waals surface area contributed by atoms with E-state index in [4.69, 9.17) is 9.47 Å². The first-order chi connectivity index (χ1) is 9.71. The number of benzene rings is 1. The molecule has 0 saturated heterocycles. The fraction of sp³-hybridized carbons (Fsp3) is 0.647. The molecule has 114 valence electrons. The van der Waals surface area contributed by atoms with Crippen molar-refractivity contribution in [2.75, 3.05) is 20.3 Å². The lowest BCUT2D eigenvalue weighted by Gasteiger charge is -2.26. The molecule has 1 rings (SSSR count). The maximum atomic E-state index is 5.72. The molecule has 1 aromatic carbocycles. The van der Waals surface area contributed by atoms with Crippen LogP contribution in [0.5, 0.6) is 11.5 Å². The zero-order valence-corrected chi connectivity index (χ0v) is 13.5. The van der Waals surface area contributed by atoms with E-state index in [-0.39, 0.29) is 0 Å². The third-order valence-electron chi connectivity index (χ3n) is 3.76. The Hall–Kier alpha value is -1.22. The molecule has 0 amide bonds. The van der Waals surface area contributed by atoms with Crippen molar-refractivity contribution in [1.82, 2.24) is 5.32 Å². The second-order valence-corrected chi connectivity index (χ2v) is 4.92. The Labute approximate surface area is 123 Å². The van der Waals surface area contributed by atoms with Crippen LogP contribution in [-0.2, 0) is 0 Å². The van der Waals surface area contributed by atoms with Gasteiger partial charge in [-0.3, -0.25) is 0 Å². The van der Waals surface area contributed by atoms with Crippen molar-refractivity contribution >= 4 is 0 Å². The van der Waals surface area contributed by atoms with Crippen molar-refractivity contribution in [3.63, 3.8) is 0 Å². The van der Waals surface area contributed by atoms with Gasteiger partial charge in [0.05, 0.1) is 13.2 Å². The molecule has 20 heavy (non-hydrogen) atoms. The van der Waals surface area contributed by atoms with E-state index in [9.17, 15) is 0 Å². The second-order valence-electron chi connectivity index (χ2n) is 4.92. The van der Waals surface area contributed by atoms with Gasteiger partial charge in [-0.05, 0) is 44.5 Å². The van der Waals surface area contributed by atoms with Crippen LogP contribution in [0.2, 0.25) is 0 Å². The topological polar surface area (TPSA) is 30.5 Å². The van der Waals surface area contributed by atoms with Crippen molar-refractivity contribution in [1.29, 1.82) is 0 Å². The molecule has 0 aliphatic heterocycles. The molecule has 0 heterocycles. The van der Waals surface area contributed by atoms with Crippen molar-refractivity contribution in [2.45, 2.75) is 46.6 Å². The van der Waals surface area contributed by atoms with Crippen LogP contribution in [-0.4, -0.2) is 20.3 Å². The lowest BCUT2D eigenvalue weighted by molar-refractivity contribution is 0.286. The largest absolute Gasteiger partial charge is 0.490 e. The summed E-state index contributed by atoms with van der Waals surface area (Å²) in [5.74, 6) is 2.31. The molecule has 1 atom stereocenters. The zero-order chi connectivity index (χ0) is 15.0. The Morgan fingerprint density at radius 1 is 0.950 bits per heavy atom. The Morgan fingerprint density at radius 3 is 2.05 bits per heavy atom. The minimum atomic E-state index is 0.361. The van der Waals surface area contributed by atoms with Gasteiger partial charge in [-0.2, -0.15) is 0 Å². The number of nitrogens with one attached hydrogen (secondary N) is 1. The Balaban J connectivity index is 3.07. The predicted molar refractivity (Wildman–Crippen MR) is 84.7 cm³/mol. The zero-order valence-electron chi connectivity index (χ0n) is 13.5. The monoisotopic (exact) mass is 279 g/mol. The molecule has 3 heteroatoms. The van der Waals surface area contributed by atoms with Crippen LogP contribution in [0, 0.1) is 5.92 Å². The second kappa shape index (κ2) is 8.85. The normalized spacial score (nSPS) is 12.5. The summed E-state index contributed by atoms with van der Waals surface area (Å²) in [7, 11) is 2.03. The number of ether oxygens (including phenoxy) is 2. The standard InChI is InChI=1S/C17H29NO2/c1-6-13(7-2)17(18-5)14-10-11-15(19-8-3)16(12-14)20-9-4/h10-13,17-18H,6-9H2,1-5H3. The molecule has 0 bridgehead atoms. The molecule has 0 aromatic heterocycles. The molecule has 0 aliphatic carbocycles. The third-order valence-corrected chi connectivity index (χ3v) is 3.76. The highest BCUT2D eigenvalue weighted by molar-refractivity contribution is 5.44. The smallest absolute Gasteiger partial charge is 0.161 e. The average Bonchev–Trinajstić information content (AvgIpc) is 2.47. The molecule has 0 saturated carbocycles. The van der Waals surface area contributed by atoms with Crippen molar-refractivity contribution in [3.05, 3.63) is 23.8 Å². The van der Waals surface area contributed by atoms with Crippen molar-refractivity contribution < 1.29 is 9.47 Å². The minimum Gasteiger partial charge on any atom is -0.490 e. The fourth-order valence-electron chi connectivity index (χ4n) is 2.70. The third kappa shape index (κ3) is 4.14. The van der Waals surface area contributed by atoms with E-state index < -0.39 is 0 Å². The van der Waals surface area contributed by atoms with Gasteiger partial charge in [0.15, 0.2) is 11.5 Å². The van der Waals surface area contributed by atoms with E-state index in [2.05, 4.69) is 31.3 Å². The van der Waals surface area contributed by atoms with Gasteiger partial charge in [-0.25, -0.2) is 0 Å². The molecule has 1 N–H and O–H groups in total. The molecular weight excluding hydrogens is 250 g/mol. The van der Waals surface area contributed by atoms with Gasteiger partial charge in [0.1, 0.15) is 0 Å². The summed E-state index contributed by atoms with van der Waals surface area (Å²) < 4.78 is 11.3. The van der Waals surface area contributed by atoms with Crippen LogP contribution >= 0.6 is 0 Å². The van der Waals surface area contributed by atoms with Crippen LogP contribution in [0.4, 0.5) is 0 Å². The van der Waals surface area contributed by atoms with Gasteiger partial charge < -0.3 is 14.8 Å². The highest BCUT2D eigenvalue weighted by atomic mass is 16.5. The van der Waals surface area contributed by atoms with Crippen LogP contribution in [0.15, 0.2) is 18.2 Å². The highest BCUT2D eigenvalue weighted by Crippen LogP contribution is 2.34. The maximum Gasteiger partial charge on any atom is 0.161 e. The summed E-state index contributed by atoms with van der Waals surface area (Å²) in [6.45, 7) is 9.79. The van der Waals surface area contributed by atoms with Gasteiger partial charge in [0.25, 0.3) is 0 Å². The average molecular weight is 279 g/mol. The lowest BCUT2D eigenvalue weighted by atomic mass is 9.89. The summed E-state index contributed by atoms with van der Waals surface area (Å²) in [6.07, 6.45) is 2.33. The summed E-state index contributed by atoms with van der Waals surface area (Å²) >= 11 is 0. The first-order valence-corrected chi connectivity index (χ1v) is 7.78. The lowest BCUT2D eigenvalue weighted by Crippen LogP contribution is -2.24. The van der Waals surface area contributed by atoms with Gasteiger partial charge in [0, 0.05) is 6.04 Å². The van der Waals surface area contributed by atoms with Crippen LogP contribution < -0.4 is 14.8 Å². The van der Waals surface area contributed by atoms with Gasteiger partial charge in [-0.1, -0.05) is 32.8 Å². The van der Waals surface area contributed by atoms with E-state index in [1.807, 2.05) is 27.0 Å². The van der Waals surface area contributed by atoms with Crippen LogP contribution in [0.25, 0.3) is 0 Å². The van der Waals surface area contributed by atoms with E-state index in [1.54, 1.807) is 0 Å². The summed E-state index contributed by atoms with van der Waals surface area (Å²) in [4.78, 5) is 0. The van der Waals surface area contributed by atoms with E-state index >= 15 is 0 Å². The van der Waals surface area contributed by atoms with Crippen LogP contribution in [0.3, 0.4) is 0 Å². The molecule has 0 fully saturated rings. The maximum absolute atomic E-state index is 5.72. The van der Waals surface area contributed by atoms with E-state index in [0.29, 0.717) is 25.2 Å². The molecule has 0 aliphatic rings. The number of hydrogen-bond acceptors (Lipinski definition) is 3. The Kier molecular flexibility index (Phi) is 7.45. The molecule has 3 nitrogen and oxygen atoms in total. The minimum absolute atomic E-state index is 0.361. The highest BCUT2D eigenvalue weighted by Gasteiger charge is 2.20. The molecule has 1 aromatic rings. The molecule has 0 radical (unpaired) electrons. The number of rotatable bonds is 9. The van der Waals surface area contributed by atoms with Crippen molar-refractivity contribution in [2.24, 2.45) is 5.92 Å². The first-order valence-electron chi connectivity index (χ1n) is 7.78. The number of hydrogen-bond donors (Lipinski definition) is 1. The first kappa shape index (κ1) is 16.8. The Bertz CT molecular complexity index is 389. The van der Waals surface area contributed by atoms with E-state index in [0.717, 1.165) is 11.5 Å². The van der Waals surface area contributed by atoms with Crippen molar-refractivity contribution in [3.8, 4) is 11.5 Å². The molecule has 1 unspecified atom stereocenters. The van der Waals surface area contributed by atoms with E-state index in [1.165, 1.54) is 18.4 Å². The van der Waals surface area contributed by atoms with Gasteiger partial charge >= 0.3 is 0 Å². The SMILES string of the molecule is CCOc1ccc(C(NC)C(CC)CC)cc1OCC. The summed E-state index contributed by atoms with van der Waals surface area (Å²) in [5.41, 5.74) is 1.27. The van der Waals surface area contributed by atoms with Gasteiger partial charge in [0.2, 0.25) is 0 Å². The van der Waals surface area contributed by atoms with Gasteiger partial charge in [-0.15, -0.1) is 0 Å². The Morgan fingerprint density at radius 2 is 1.55 bits per heavy atom. The fourth-order valence-corrected chi connectivity index (χ4v) is 2.70. The summed E-state index contributed by atoms with van der Waals surface area (Å²) in [5, 5.41) is 3.44.